The van der Waals surface area contributed by atoms with Gasteiger partial charge in [-0.25, -0.2) is 0 Å². The number of esters is 2. The van der Waals surface area contributed by atoms with E-state index in [9.17, 15) is 19.0 Å². The molecule has 0 aromatic heterocycles. The number of hydrogen-bond donors (Lipinski definition) is 0. The molecule has 0 rings (SSSR count). The lowest BCUT2D eigenvalue weighted by Gasteiger charge is -2.28. The van der Waals surface area contributed by atoms with Gasteiger partial charge in [0.15, 0.2) is 6.10 Å². The minimum Gasteiger partial charge on any atom is -0.756 e. The largest absolute Gasteiger partial charge is 0.756 e. The molecule has 0 amide bonds. The van der Waals surface area contributed by atoms with E-state index in [2.05, 4.69) is 50.3 Å². The van der Waals surface area contributed by atoms with Crippen LogP contribution in [0.5, 0.6) is 0 Å². The molecule has 292 valence electrons. The summed E-state index contributed by atoms with van der Waals surface area (Å²) in [5.41, 5.74) is 0. The first-order valence-electron chi connectivity index (χ1n) is 19.7. The molecule has 0 saturated carbocycles. The van der Waals surface area contributed by atoms with Gasteiger partial charge >= 0.3 is 11.9 Å². The third-order valence-corrected chi connectivity index (χ3v) is 9.10. The predicted octanol–water partition coefficient (Wildman–Crippen LogP) is 9.94. The van der Waals surface area contributed by atoms with Gasteiger partial charge in [-0.2, -0.15) is 0 Å². The van der Waals surface area contributed by atoms with Gasteiger partial charge in [-0.15, -0.1) is 0 Å². The number of allylic oxidation sites excluding steroid dienone is 6. The van der Waals surface area contributed by atoms with E-state index in [1.807, 2.05) is 21.1 Å². The van der Waals surface area contributed by atoms with Crippen molar-refractivity contribution in [1.82, 2.24) is 0 Å². The maximum Gasteiger partial charge on any atom is 0.306 e. The van der Waals surface area contributed by atoms with Crippen LogP contribution in [0.15, 0.2) is 36.5 Å². The molecule has 0 aliphatic heterocycles. The van der Waals surface area contributed by atoms with Crippen molar-refractivity contribution in [3.05, 3.63) is 36.5 Å². The first kappa shape index (κ1) is 48.2. The minimum atomic E-state index is -4.62. The molecule has 0 bridgehead atoms. The molecule has 0 fully saturated rings. The van der Waals surface area contributed by atoms with Gasteiger partial charge in [-0.3, -0.25) is 14.2 Å². The number of hydrogen-bond acceptors (Lipinski definition) is 8. The van der Waals surface area contributed by atoms with Crippen molar-refractivity contribution in [2.24, 2.45) is 0 Å². The van der Waals surface area contributed by atoms with Gasteiger partial charge in [0.05, 0.1) is 27.7 Å². The zero-order valence-corrected chi connectivity index (χ0v) is 33.5. The highest BCUT2D eigenvalue weighted by atomic mass is 31.2. The Morgan fingerprint density at radius 3 is 1.66 bits per heavy atom. The Balaban J connectivity index is 4.46. The monoisotopic (exact) mass is 728 g/mol. The molecular formula is C40H74NO8P. The predicted molar refractivity (Wildman–Crippen MR) is 204 cm³/mol. The summed E-state index contributed by atoms with van der Waals surface area (Å²) in [7, 11) is 1.15. The van der Waals surface area contributed by atoms with Crippen molar-refractivity contribution in [3.63, 3.8) is 0 Å². The molecule has 0 saturated heterocycles. The van der Waals surface area contributed by atoms with Crippen LogP contribution >= 0.6 is 7.82 Å². The highest BCUT2D eigenvalue weighted by molar-refractivity contribution is 7.45. The standard InChI is InChI=1S/C40H74NO8P/c1-6-8-10-12-14-16-18-19-20-21-23-25-27-29-31-33-40(43)49-38(37-48-50(44,45)47-35-34-41(3,4)5)36-46-39(42)32-30-28-26-24-22-17-15-13-11-9-7-2/h13-16,19-20,38H,6-12,17-18,21-37H2,1-5H3/b15-13-,16-14-,20-19-/t38-/m1/s1. The van der Waals surface area contributed by atoms with E-state index < -0.39 is 32.5 Å². The normalized spacial score (nSPS) is 14.1. The molecule has 9 nitrogen and oxygen atoms in total. The van der Waals surface area contributed by atoms with E-state index >= 15 is 0 Å². The van der Waals surface area contributed by atoms with E-state index in [1.54, 1.807) is 0 Å². The molecule has 0 aromatic carbocycles. The van der Waals surface area contributed by atoms with E-state index in [1.165, 1.54) is 38.5 Å². The summed E-state index contributed by atoms with van der Waals surface area (Å²) in [4.78, 5) is 37.3. The summed E-state index contributed by atoms with van der Waals surface area (Å²) in [5.74, 6) is -0.865. The lowest BCUT2D eigenvalue weighted by atomic mass is 10.1. The fourth-order valence-corrected chi connectivity index (χ4v) is 5.69. The van der Waals surface area contributed by atoms with Crippen LogP contribution in [0.25, 0.3) is 0 Å². The maximum absolute atomic E-state index is 12.6. The number of phosphoric acid groups is 1. The zero-order valence-electron chi connectivity index (χ0n) is 32.6. The van der Waals surface area contributed by atoms with Crippen molar-refractivity contribution in [2.45, 2.75) is 161 Å². The molecule has 0 aliphatic carbocycles. The van der Waals surface area contributed by atoms with Gasteiger partial charge in [0, 0.05) is 12.8 Å². The third kappa shape index (κ3) is 36.0. The van der Waals surface area contributed by atoms with Gasteiger partial charge in [0.25, 0.3) is 7.82 Å². The fourth-order valence-electron chi connectivity index (χ4n) is 4.96. The molecular weight excluding hydrogens is 653 g/mol. The van der Waals surface area contributed by atoms with Crippen LogP contribution in [0, 0.1) is 0 Å². The highest BCUT2D eigenvalue weighted by Gasteiger charge is 2.21. The van der Waals surface area contributed by atoms with Crippen molar-refractivity contribution >= 4 is 19.8 Å². The second kappa shape index (κ2) is 33.1. The Bertz CT molecular complexity index is 959. The minimum absolute atomic E-state index is 0.0355. The summed E-state index contributed by atoms with van der Waals surface area (Å²) in [6.45, 7) is 4.11. The van der Waals surface area contributed by atoms with Crippen LogP contribution in [-0.4, -0.2) is 70.0 Å². The Kier molecular flexibility index (Phi) is 31.9. The van der Waals surface area contributed by atoms with Crippen LogP contribution in [0.3, 0.4) is 0 Å². The van der Waals surface area contributed by atoms with E-state index in [4.69, 9.17) is 18.5 Å². The van der Waals surface area contributed by atoms with Crippen molar-refractivity contribution in [2.75, 3.05) is 47.5 Å². The topological polar surface area (TPSA) is 111 Å². The number of unbranched alkanes of at least 4 members (excludes halogenated alkanes) is 15. The number of ether oxygens (including phenoxy) is 2. The first-order valence-corrected chi connectivity index (χ1v) is 21.2. The van der Waals surface area contributed by atoms with Crippen LogP contribution in [0.1, 0.15) is 155 Å². The maximum atomic E-state index is 12.6. The number of phosphoric ester groups is 1. The second-order valence-electron chi connectivity index (χ2n) is 14.3. The van der Waals surface area contributed by atoms with Gasteiger partial charge in [-0.1, -0.05) is 115 Å². The molecule has 0 radical (unpaired) electrons. The van der Waals surface area contributed by atoms with E-state index in [-0.39, 0.29) is 26.1 Å². The molecule has 0 aromatic rings. The quantitative estimate of drug-likeness (QED) is 0.0209. The highest BCUT2D eigenvalue weighted by Crippen LogP contribution is 2.38. The summed E-state index contributed by atoms with van der Waals surface area (Å²) < 4.78 is 33.7. The van der Waals surface area contributed by atoms with Crippen LogP contribution in [0.4, 0.5) is 0 Å². The number of likely N-dealkylation sites (N-methyl/N-ethyl adjacent to an activating group) is 1. The lowest BCUT2D eigenvalue weighted by molar-refractivity contribution is -0.870. The molecule has 1 unspecified atom stereocenters. The summed E-state index contributed by atoms with van der Waals surface area (Å²) in [6, 6.07) is 0. The number of carbonyl (C=O) groups excluding carboxylic acids is 2. The van der Waals surface area contributed by atoms with Crippen molar-refractivity contribution < 1.29 is 42.1 Å². The first-order chi connectivity index (χ1) is 24.0. The molecule has 10 heteroatoms. The smallest absolute Gasteiger partial charge is 0.306 e. The lowest BCUT2D eigenvalue weighted by Crippen LogP contribution is -2.37. The number of quaternary nitrogens is 1. The van der Waals surface area contributed by atoms with E-state index in [0.717, 1.165) is 83.5 Å². The Morgan fingerprint density at radius 2 is 1.10 bits per heavy atom. The van der Waals surface area contributed by atoms with Gasteiger partial charge in [-0.05, 0) is 64.2 Å². The number of rotatable bonds is 35. The van der Waals surface area contributed by atoms with Gasteiger partial charge in [0.2, 0.25) is 0 Å². The molecule has 0 N–H and O–H groups in total. The Labute approximate surface area is 306 Å². The number of nitrogens with zero attached hydrogens (tertiary/aromatic N) is 1. The zero-order chi connectivity index (χ0) is 37.2. The van der Waals surface area contributed by atoms with Crippen molar-refractivity contribution in [3.8, 4) is 0 Å². The van der Waals surface area contributed by atoms with Crippen molar-refractivity contribution in [1.29, 1.82) is 0 Å². The van der Waals surface area contributed by atoms with Crippen LogP contribution < -0.4 is 4.89 Å². The molecule has 0 aliphatic rings. The number of carbonyl (C=O) groups is 2. The van der Waals surface area contributed by atoms with E-state index in [0.29, 0.717) is 17.4 Å². The summed E-state index contributed by atoms with van der Waals surface area (Å²) in [6.07, 6.45) is 34.5. The molecule has 50 heavy (non-hydrogen) atoms. The average Bonchev–Trinajstić information content (AvgIpc) is 3.06. The Morgan fingerprint density at radius 1 is 0.620 bits per heavy atom. The SMILES string of the molecule is CCCC/C=C\CCCCCCCC(=O)OC[C@H](COP(=O)([O-])OCC[N+](C)(C)C)OC(=O)CCCCCCC/C=C\C/C=C\CCCCC. The van der Waals surface area contributed by atoms with Crippen LogP contribution in [0.2, 0.25) is 0 Å². The Hall–Kier alpha value is -1.77. The third-order valence-electron chi connectivity index (χ3n) is 8.13. The fraction of sp³-hybridized carbons (Fsp3) is 0.800. The van der Waals surface area contributed by atoms with Crippen LogP contribution in [-0.2, 0) is 32.7 Å². The summed E-state index contributed by atoms with van der Waals surface area (Å²) >= 11 is 0. The summed E-state index contributed by atoms with van der Waals surface area (Å²) in [5, 5.41) is 0. The van der Waals surface area contributed by atoms with Gasteiger partial charge < -0.3 is 27.9 Å². The molecule has 0 heterocycles. The van der Waals surface area contributed by atoms with Gasteiger partial charge in [0.1, 0.15) is 19.8 Å². The molecule has 0 spiro atoms. The molecule has 2 atom stereocenters. The average molecular weight is 728 g/mol. The second-order valence-corrected chi connectivity index (χ2v) is 15.7.